The normalized spacial score (nSPS) is 26.0. The molecule has 2 saturated heterocycles. The van der Waals surface area contributed by atoms with Crippen LogP contribution in [0.5, 0.6) is 0 Å². The van der Waals surface area contributed by atoms with Gasteiger partial charge in [-0.2, -0.15) is 0 Å². The molecule has 0 aromatic heterocycles. The minimum Gasteiger partial charge on any atom is -0.469 e. The van der Waals surface area contributed by atoms with Crippen LogP contribution in [0, 0.1) is 12.8 Å². The number of anilines is 1. The molecule has 1 amide bonds. The molecule has 6 rings (SSSR count). The second kappa shape index (κ2) is 10.9. The van der Waals surface area contributed by atoms with Crippen LogP contribution in [0.25, 0.3) is 0 Å². The van der Waals surface area contributed by atoms with Crippen molar-refractivity contribution >= 4 is 40.9 Å². The number of ether oxygens (including phenoxy) is 2. The number of fused-ring (bicyclic) bond motifs is 3. The number of halogens is 1. The van der Waals surface area contributed by atoms with Crippen molar-refractivity contribution in [2.75, 3.05) is 25.7 Å². The molecule has 4 atom stereocenters. The highest BCUT2D eigenvalue weighted by molar-refractivity contribution is 6.31. The lowest BCUT2D eigenvalue weighted by Gasteiger charge is -2.45. The van der Waals surface area contributed by atoms with Crippen molar-refractivity contribution in [3.63, 3.8) is 0 Å². The summed E-state index contributed by atoms with van der Waals surface area (Å²) in [5.41, 5.74) is -0.421. The fourth-order valence-corrected chi connectivity index (χ4v) is 7.99. The second-order valence-corrected chi connectivity index (χ2v) is 12.0. The molecule has 8 nitrogen and oxygen atoms in total. The van der Waals surface area contributed by atoms with Gasteiger partial charge in [-0.25, -0.2) is 4.79 Å². The first-order valence-corrected chi connectivity index (χ1v) is 14.8. The molecule has 0 bridgehead atoms. The maximum Gasteiger partial charge on any atom is 0.328 e. The summed E-state index contributed by atoms with van der Waals surface area (Å²) in [7, 11) is 2.49. The Hall–Kier alpha value is -4.01. The number of esters is 2. The monoisotopic (exact) mass is 600 g/mol. The number of rotatable bonds is 7. The topological polar surface area (TPSA) is 93.2 Å². The summed E-state index contributed by atoms with van der Waals surface area (Å²) in [5.74, 6) is -3.16. The van der Waals surface area contributed by atoms with Crippen LogP contribution >= 0.6 is 11.6 Å². The van der Waals surface area contributed by atoms with Gasteiger partial charge < -0.3 is 14.4 Å². The fraction of sp³-hybridized carbons (Fsp3) is 0.353. The Morgan fingerprint density at radius 3 is 2.37 bits per heavy atom. The first kappa shape index (κ1) is 29.1. The molecule has 3 aliphatic heterocycles. The molecule has 43 heavy (non-hydrogen) atoms. The van der Waals surface area contributed by atoms with E-state index in [9.17, 15) is 14.4 Å². The van der Waals surface area contributed by atoms with Crippen LogP contribution in [0.2, 0.25) is 5.02 Å². The molecular weight excluding hydrogens is 568 g/mol. The summed E-state index contributed by atoms with van der Waals surface area (Å²) < 4.78 is 10.6. The standard InChI is InChI=1S/C34H33ClN2O6/c1-21-11-13-23(14-12-21)30(39)29-27-10-7-17-37(27)33(32(41)43-3,19-28(38)42-2)34(29)25-18-24(35)15-16-26(25)36(31(34)40)20-22-8-5-4-6-9-22/h4-6,8-9,11-16,18,27,29H,7,10,17,19-20H2,1-3H3/t27-,29+,33+,34+/m1/s1. The molecule has 222 valence electrons. The van der Waals surface area contributed by atoms with Crippen LogP contribution < -0.4 is 4.90 Å². The number of ketones is 1. The van der Waals surface area contributed by atoms with E-state index in [0.717, 1.165) is 11.1 Å². The maximum atomic E-state index is 15.4. The summed E-state index contributed by atoms with van der Waals surface area (Å²) in [6.45, 7) is 2.53. The molecule has 3 aromatic rings. The molecule has 0 unspecified atom stereocenters. The number of carbonyl (C=O) groups excluding carboxylic acids is 4. The molecule has 1 spiro atoms. The van der Waals surface area contributed by atoms with E-state index in [4.69, 9.17) is 21.1 Å². The van der Waals surface area contributed by atoms with Crippen LogP contribution in [0.3, 0.4) is 0 Å². The third-order valence-corrected chi connectivity index (χ3v) is 9.74. The van der Waals surface area contributed by atoms with E-state index >= 15 is 4.79 Å². The average Bonchev–Trinajstić information content (AvgIpc) is 3.65. The average molecular weight is 601 g/mol. The predicted molar refractivity (Wildman–Crippen MR) is 161 cm³/mol. The highest BCUT2D eigenvalue weighted by Gasteiger charge is 2.81. The van der Waals surface area contributed by atoms with Gasteiger partial charge in [-0.1, -0.05) is 71.8 Å². The number of hydrogen-bond acceptors (Lipinski definition) is 7. The van der Waals surface area contributed by atoms with Crippen molar-refractivity contribution in [3.8, 4) is 0 Å². The minimum atomic E-state index is -1.86. The lowest BCUT2D eigenvalue weighted by Crippen LogP contribution is -2.67. The molecular formula is C34H33ClN2O6. The molecule has 2 fully saturated rings. The largest absolute Gasteiger partial charge is 0.469 e. The molecule has 0 saturated carbocycles. The van der Waals surface area contributed by atoms with E-state index in [0.29, 0.717) is 41.2 Å². The Morgan fingerprint density at radius 1 is 0.977 bits per heavy atom. The number of methoxy groups -OCH3 is 2. The van der Waals surface area contributed by atoms with E-state index in [1.807, 2.05) is 54.3 Å². The SMILES string of the molecule is COC(=O)C[C@@]1(C(=O)OC)N2CCC[C@@H]2[C@@H](C(=O)c2ccc(C)cc2)[C@@]12C(=O)N(Cc1ccccc1)c1ccc(Cl)cc12. The van der Waals surface area contributed by atoms with Gasteiger partial charge in [0.1, 0.15) is 11.0 Å². The number of amides is 1. The van der Waals surface area contributed by atoms with Gasteiger partial charge >= 0.3 is 11.9 Å². The van der Waals surface area contributed by atoms with Gasteiger partial charge in [0.05, 0.1) is 33.1 Å². The predicted octanol–water partition coefficient (Wildman–Crippen LogP) is 4.89. The van der Waals surface area contributed by atoms with Crippen molar-refractivity contribution in [2.45, 2.75) is 49.7 Å². The van der Waals surface area contributed by atoms with Crippen LogP contribution in [0.15, 0.2) is 72.8 Å². The number of nitrogens with zero attached hydrogens (tertiary/aromatic N) is 2. The van der Waals surface area contributed by atoms with Gasteiger partial charge in [0.25, 0.3) is 0 Å². The molecule has 9 heteroatoms. The molecule has 0 aliphatic carbocycles. The van der Waals surface area contributed by atoms with E-state index in [2.05, 4.69) is 0 Å². The first-order chi connectivity index (χ1) is 20.7. The van der Waals surface area contributed by atoms with Gasteiger partial charge in [0.2, 0.25) is 5.91 Å². The zero-order valence-electron chi connectivity index (χ0n) is 24.3. The highest BCUT2D eigenvalue weighted by Crippen LogP contribution is 2.65. The molecule has 3 aliphatic rings. The number of Topliss-reactive ketones (excluding diaryl/α,β-unsaturated/α-hetero) is 1. The maximum absolute atomic E-state index is 15.4. The van der Waals surface area contributed by atoms with Crippen molar-refractivity contribution < 1.29 is 28.7 Å². The van der Waals surface area contributed by atoms with Crippen molar-refractivity contribution in [1.29, 1.82) is 0 Å². The van der Waals surface area contributed by atoms with Gasteiger partial charge in [-0.15, -0.1) is 0 Å². The minimum absolute atomic E-state index is 0.196. The summed E-state index contributed by atoms with van der Waals surface area (Å²) in [6.07, 6.45) is 0.773. The van der Waals surface area contributed by atoms with Crippen LogP contribution in [0.4, 0.5) is 5.69 Å². The Kier molecular flexibility index (Phi) is 7.39. The van der Waals surface area contributed by atoms with Crippen LogP contribution in [0.1, 0.15) is 46.3 Å². The number of carbonyl (C=O) groups is 4. The number of benzene rings is 3. The Morgan fingerprint density at radius 2 is 1.70 bits per heavy atom. The van der Waals surface area contributed by atoms with Crippen molar-refractivity contribution in [3.05, 3.63) is 100 Å². The van der Waals surface area contributed by atoms with E-state index < -0.39 is 47.2 Å². The molecule has 0 N–H and O–H groups in total. The summed E-state index contributed by atoms with van der Waals surface area (Å²) in [6, 6.07) is 21.3. The van der Waals surface area contributed by atoms with E-state index in [1.54, 1.807) is 35.2 Å². The third-order valence-electron chi connectivity index (χ3n) is 9.50. The highest BCUT2D eigenvalue weighted by atomic mass is 35.5. The van der Waals surface area contributed by atoms with Gasteiger partial charge in [-0.3, -0.25) is 19.3 Å². The van der Waals surface area contributed by atoms with Gasteiger partial charge in [-0.05, 0) is 55.6 Å². The number of hydrogen-bond donors (Lipinski definition) is 0. The Balaban J connectivity index is 1.69. The smallest absolute Gasteiger partial charge is 0.328 e. The fourth-order valence-electron chi connectivity index (χ4n) is 7.82. The molecule has 3 aromatic carbocycles. The third kappa shape index (κ3) is 4.14. The summed E-state index contributed by atoms with van der Waals surface area (Å²) in [5, 5.41) is 0.345. The van der Waals surface area contributed by atoms with Crippen molar-refractivity contribution in [1.82, 2.24) is 4.90 Å². The lowest BCUT2D eigenvalue weighted by atomic mass is 9.57. The zero-order chi connectivity index (χ0) is 30.5. The zero-order valence-corrected chi connectivity index (χ0v) is 25.1. The first-order valence-electron chi connectivity index (χ1n) is 14.4. The summed E-state index contributed by atoms with van der Waals surface area (Å²) in [4.78, 5) is 61.3. The molecule has 3 heterocycles. The van der Waals surface area contributed by atoms with E-state index in [-0.39, 0.29) is 12.3 Å². The van der Waals surface area contributed by atoms with Crippen LogP contribution in [-0.2, 0) is 35.8 Å². The van der Waals surface area contributed by atoms with Crippen molar-refractivity contribution in [2.24, 2.45) is 5.92 Å². The van der Waals surface area contributed by atoms with Crippen LogP contribution in [-0.4, -0.2) is 60.9 Å². The van der Waals surface area contributed by atoms with Gasteiger partial charge in [0.15, 0.2) is 5.78 Å². The lowest BCUT2D eigenvalue weighted by molar-refractivity contribution is -0.166. The summed E-state index contributed by atoms with van der Waals surface area (Å²) >= 11 is 6.63. The van der Waals surface area contributed by atoms with Gasteiger partial charge in [0, 0.05) is 22.3 Å². The molecule has 0 radical (unpaired) electrons. The Bertz CT molecular complexity index is 1610. The number of aryl methyl sites for hydroxylation is 1. The quantitative estimate of drug-likeness (QED) is 0.282. The second-order valence-electron chi connectivity index (χ2n) is 11.6. The van der Waals surface area contributed by atoms with E-state index in [1.165, 1.54) is 14.2 Å². The Labute approximate surface area is 255 Å².